The summed E-state index contributed by atoms with van der Waals surface area (Å²) in [5, 5.41) is 3.88. The number of methoxy groups -OCH3 is 1. The first-order valence-electron chi connectivity index (χ1n) is 7.82. The smallest absolute Gasteiger partial charge is 0.358 e. The Morgan fingerprint density at radius 3 is 2.58 bits per heavy atom. The van der Waals surface area contributed by atoms with Crippen LogP contribution in [0.15, 0.2) is 34.7 Å². The fourth-order valence-electron chi connectivity index (χ4n) is 2.49. The number of hydrogen-bond donors (Lipinski definition) is 1. The fraction of sp³-hybridized carbons (Fsp3) is 0.222. The maximum atomic E-state index is 11.9. The molecule has 134 valence electrons. The van der Waals surface area contributed by atoms with Crippen molar-refractivity contribution in [3.63, 3.8) is 0 Å². The van der Waals surface area contributed by atoms with Crippen LogP contribution in [0, 0.1) is 13.8 Å². The van der Waals surface area contributed by atoms with Crippen LogP contribution in [0.2, 0.25) is 0 Å². The van der Waals surface area contributed by atoms with Gasteiger partial charge in [-0.2, -0.15) is 0 Å². The van der Waals surface area contributed by atoms with Gasteiger partial charge in [0.15, 0.2) is 5.69 Å². The molecule has 0 fully saturated rings. The predicted molar refractivity (Wildman–Crippen MR) is 105 cm³/mol. The highest BCUT2D eigenvalue weighted by Gasteiger charge is 2.20. The Hall–Kier alpha value is -2.45. The second-order valence-corrected chi connectivity index (χ2v) is 7.69. The van der Waals surface area contributed by atoms with Gasteiger partial charge in [-0.25, -0.2) is 19.7 Å². The number of aromatic nitrogens is 3. The van der Waals surface area contributed by atoms with Crippen molar-refractivity contribution in [2.75, 3.05) is 18.7 Å². The molecule has 0 unspecified atom stereocenters. The standard InChI is InChI=1S/C18H18N4O2S2/c1-10-7-11(2)9-12(8-10)20-18-19-6-5-13(21-18)15-22-14(16(23)24-3)17(25-4)26-15/h5-9H,1-4H3,(H,19,20,21). The van der Waals surface area contributed by atoms with Gasteiger partial charge in [-0.3, -0.25) is 0 Å². The summed E-state index contributed by atoms with van der Waals surface area (Å²) >= 11 is 2.87. The lowest BCUT2D eigenvalue weighted by Crippen LogP contribution is -2.03. The van der Waals surface area contributed by atoms with Crippen molar-refractivity contribution >= 4 is 40.7 Å². The number of carbonyl (C=O) groups excluding carboxylic acids is 1. The molecule has 2 heterocycles. The minimum absolute atomic E-state index is 0.322. The summed E-state index contributed by atoms with van der Waals surface area (Å²) in [6.07, 6.45) is 3.57. The van der Waals surface area contributed by atoms with Crippen LogP contribution < -0.4 is 5.32 Å². The lowest BCUT2D eigenvalue weighted by Gasteiger charge is -2.07. The Bertz CT molecular complexity index is 936. The Morgan fingerprint density at radius 2 is 1.92 bits per heavy atom. The van der Waals surface area contributed by atoms with Crippen LogP contribution in [0.25, 0.3) is 10.7 Å². The molecule has 3 rings (SSSR count). The van der Waals surface area contributed by atoms with E-state index in [0.29, 0.717) is 22.3 Å². The topological polar surface area (TPSA) is 77.0 Å². The van der Waals surface area contributed by atoms with Crippen LogP contribution in [0.4, 0.5) is 11.6 Å². The van der Waals surface area contributed by atoms with E-state index in [4.69, 9.17) is 4.74 Å². The van der Waals surface area contributed by atoms with E-state index in [1.807, 2.05) is 32.2 Å². The van der Waals surface area contributed by atoms with Crippen molar-refractivity contribution in [3.8, 4) is 10.7 Å². The highest BCUT2D eigenvalue weighted by atomic mass is 32.2. The van der Waals surface area contributed by atoms with Gasteiger partial charge in [0.1, 0.15) is 10.7 Å². The van der Waals surface area contributed by atoms with E-state index >= 15 is 0 Å². The summed E-state index contributed by atoms with van der Waals surface area (Å²) in [6, 6.07) is 7.95. The van der Waals surface area contributed by atoms with Crippen LogP contribution in [-0.4, -0.2) is 34.3 Å². The van der Waals surface area contributed by atoms with Gasteiger partial charge in [0.2, 0.25) is 5.95 Å². The molecule has 0 bridgehead atoms. The SMILES string of the molecule is COC(=O)c1nc(-c2ccnc(Nc3cc(C)cc(C)c3)n2)sc1SC. The number of benzene rings is 1. The molecule has 0 aliphatic rings. The molecule has 6 nitrogen and oxygen atoms in total. The molecule has 0 aliphatic heterocycles. The summed E-state index contributed by atoms with van der Waals surface area (Å²) in [7, 11) is 1.35. The number of thioether (sulfide) groups is 1. The number of nitrogens with one attached hydrogen (secondary N) is 1. The van der Waals surface area contributed by atoms with E-state index in [1.165, 1.54) is 30.2 Å². The maximum absolute atomic E-state index is 11.9. The monoisotopic (exact) mass is 386 g/mol. The van der Waals surface area contributed by atoms with E-state index in [-0.39, 0.29) is 0 Å². The van der Waals surface area contributed by atoms with Crippen molar-refractivity contribution in [1.29, 1.82) is 0 Å². The average Bonchev–Trinajstić information content (AvgIpc) is 3.05. The number of anilines is 2. The normalized spacial score (nSPS) is 10.6. The zero-order chi connectivity index (χ0) is 18.7. The van der Waals surface area contributed by atoms with Crippen LogP contribution in [0.5, 0.6) is 0 Å². The van der Waals surface area contributed by atoms with Gasteiger partial charge in [0, 0.05) is 11.9 Å². The summed E-state index contributed by atoms with van der Waals surface area (Å²) in [5.74, 6) is 0.0347. The molecule has 0 radical (unpaired) electrons. The van der Waals surface area contributed by atoms with Gasteiger partial charge in [-0.15, -0.1) is 23.1 Å². The second kappa shape index (κ2) is 7.84. The van der Waals surface area contributed by atoms with Gasteiger partial charge in [-0.1, -0.05) is 6.07 Å². The van der Waals surface area contributed by atoms with Gasteiger partial charge < -0.3 is 10.1 Å². The number of hydrogen-bond acceptors (Lipinski definition) is 8. The molecule has 0 spiro atoms. The summed E-state index contributed by atoms with van der Waals surface area (Å²) in [6.45, 7) is 4.09. The number of aryl methyl sites for hydroxylation is 2. The number of carbonyl (C=O) groups is 1. The highest BCUT2D eigenvalue weighted by Crippen LogP contribution is 2.33. The summed E-state index contributed by atoms with van der Waals surface area (Å²) in [5.41, 5.74) is 4.23. The van der Waals surface area contributed by atoms with Crippen molar-refractivity contribution in [2.45, 2.75) is 18.1 Å². The second-order valence-electron chi connectivity index (χ2n) is 5.62. The van der Waals surface area contributed by atoms with Crippen LogP contribution in [0.3, 0.4) is 0 Å². The van der Waals surface area contributed by atoms with Crippen molar-refractivity contribution in [2.24, 2.45) is 0 Å². The largest absolute Gasteiger partial charge is 0.464 e. The molecule has 0 aliphatic carbocycles. The molecule has 2 aromatic heterocycles. The molecule has 0 saturated heterocycles. The van der Waals surface area contributed by atoms with Crippen molar-refractivity contribution < 1.29 is 9.53 Å². The Labute approximate surface area is 160 Å². The quantitative estimate of drug-likeness (QED) is 0.512. The molecule has 26 heavy (non-hydrogen) atoms. The average molecular weight is 387 g/mol. The van der Waals surface area contributed by atoms with E-state index in [1.54, 1.807) is 12.3 Å². The summed E-state index contributed by atoms with van der Waals surface area (Å²) in [4.78, 5) is 25.1. The first-order chi connectivity index (χ1) is 12.5. The zero-order valence-corrected chi connectivity index (χ0v) is 16.5. The predicted octanol–water partition coefficient (Wildman–Crippen LogP) is 4.47. The van der Waals surface area contributed by atoms with Crippen molar-refractivity contribution in [3.05, 3.63) is 47.3 Å². The van der Waals surface area contributed by atoms with E-state index in [0.717, 1.165) is 21.0 Å². The van der Waals surface area contributed by atoms with Crippen LogP contribution >= 0.6 is 23.1 Å². The van der Waals surface area contributed by atoms with Crippen LogP contribution in [0.1, 0.15) is 21.6 Å². The first kappa shape index (κ1) is 18.3. The molecule has 0 atom stereocenters. The lowest BCUT2D eigenvalue weighted by molar-refractivity contribution is 0.0591. The fourth-order valence-corrected chi connectivity index (χ4v) is 4.14. The molecule has 1 N–H and O–H groups in total. The van der Waals surface area contributed by atoms with Gasteiger partial charge >= 0.3 is 5.97 Å². The number of esters is 1. The van der Waals surface area contributed by atoms with E-state index < -0.39 is 5.97 Å². The molecule has 3 aromatic rings. The molecule has 0 saturated carbocycles. The first-order valence-corrected chi connectivity index (χ1v) is 9.86. The maximum Gasteiger partial charge on any atom is 0.358 e. The molecular weight excluding hydrogens is 368 g/mol. The molecule has 1 aromatic carbocycles. The van der Waals surface area contributed by atoms with E-state index in [9.17, 15) is 4.79 Å². The number of rotatable bonds is 5. The third kappa shape index (κ3) is 4.03. The minimum atomic E-state index is -0.445. The van der Waals surface area contributed by atoms with Gasteiger partial charge in [-0.05, 0) is 49.4 Å². The zero-order valence-electron chi connectivity index (χ0n) is 14.9. The van der Waals surface area contributed by atoms with Gasteiger partial charge in [0.25, 0.3) is 0 Å². The highest BCUT2D eigenvalue weighted by molar-refractivity contribution is 8.00. The molecular formula is C18H18N4O2S2. The molecule has 8 heteroatoms. The Morgan fingerprint density at radius 1 is 1.19 bits per heavy atom. The number of ether oxygens (including phenoxy) is 1. The minimum Gasteiger partial charge on any atom is -0.464 e. The third-order valence-corrected chi connectivity index (χ3v) is 5.70. The van der Waals surface area contributed by atoms with Crippen molar-refractivity contribution in [1.82, 2.24) is 15.0 Å². The van der Waals surface area contributed by atoms with E-state index in [2.05, 4.69) is 26.3 Å². The molecule has 0 amide bonds. The number of nitrogens with zero attached hydrogens (tertiary/aromatic N) is 3. The lowest BCUT2D eigenvalue weighted by atomic mass is 10.1. The van der Waals surface area contributed by atoms with Crippen LogP contribution in [-0.2, 0) is 4.74 Å². The third-order valence-electron chi connectivity index (χ3n) is 3.51. The number of thiazole rings is 1. The van der Waals surface area contributed by atoms with Gasteiger partial charge in [0.05, 0.1) is 11.3 Å². The summed E-state index contributed by atoms with van der Waals surface area (Å²) < 4.78 is 5.60. The Balaban J connectivity index is 1.92. The Kier molecular flexibility index (Phi) is 5.53.